The summed E-state index contributed by atoms with van der Waals surface area (Å²) >= 11 is 2.96. The van der Waals surface area contributed by atoms with Crippen molar-refractivity contribution < 1.29 is 17.6 Å². The molecule has 2 rings (SSSR count). The molecule has 0 aromatic heterocycles. The van der Waals surface area contributed by atoms with Crippen LogP contribution in [0.2, 0.25) is 0 Å². The van der Waals surface area contributed by atoms with E-state index in [1.165, 1.54) is 0 Å². The lowest BCUT2D eigenvalue weighted by Gasteiger charge is -2.10. The molecule has 0 aliphatic heterocycles. The van der Waals surface area contributed by atoms with E-state index in [0.29, 0.717) is 0 Å². The highest BCUT2D eigenvalue weighted by atomic mass is 79.9. The lowest BCUT2D eigenvalue weighted by Crippen LogP contribution is -2.37. The van der Waals surface area contributed by atoms with Gasteiger partial charge in [0.15, 0.2) is 0 Å². The van der Waals surface area contributed by atoms with Gasteiger partial charge in [0.25, 0.3) is 0 Å². The van der Waals surface area contributed by atoms with Crippen molar-refractivity contribution >= 4 is 37.5 Å². The van der Waals surface area contributed by atoms with Gasteiger partial charge < -0.3 is 11.1 Å². The standard InChI is InChI=1S/C11H13BrFN3O3S/c12-7-3-8(13)9(14)4-10(7)20(18,19)15-5-11(17)16-6-1-2-6/h3-4,6,15H,1-2,5,14H2,(H,16,17). The molecule has 0 heterocycles. The summed E-state index contributed by atoms with van der Waals surface area (Å²) in [5.74, 6) is -1.12. The van der Waals surface area contributed by atoms with E-state index in [9.17, 15) is 17.6 Å². The van der Waals surface area contributed by atoms with Gasteiger partial charge in [-0.25, -0.2) is 17.5 Å². The van der Waals surface area contributed by atoms with Crippen molar-refractivity contribution in [3.05, 3.63) is 22.4 Å². The first-order chi connectivity index (χ1) is 9.29. The molecule has 1 aromatic rings. The Morgan fingerprint density at radius 2 is 2.10 bits per heavy atom. The minimum atomic E-state index is -3.95. The second-order valence-corrected chi connectivity index (χ2v) is 7.06. The Labute approximate surface area is 124 Å². The normalized spacial score (nSPS) is 15.1. The number of nitrogens with one attached hydrogen (secondary N) is 2. The number of carbonyl (C=O) groups excluding carboxylic acids is 1. The van der Waals surface area contributed by atoms with Crippen LogP contribution in [0.5, 0.6) is 0 Å². The van der Waals surface area contributed by atoms with Crippen LogP contribution in [0.25, 0.3) is 0 Å². The first kappa shape index (κ1) is 15.2. The first-order valence-corrected chi connectivity index (χ1v) is 8.11. The summed E-state index contributed by atoms with van der Waals surface area (Å²) in [6, 6.07) is 2.12. The van der Waals surface area contributed by atoms with Gasteiger partial charge in [0, 0.05) is 10.5 Å². The van der Waals surface area contributed by atoms with Gasteiger partial charge >= 0.3 is 0 Å². The Morgan fingerprint density at radius 3 is 2.70 bits per heavy atom. The third-order valence-electron chi connectivity index (χ3n) is 2.71. The van der Waals surface area contributed by atoms with Crippen LogP contribution in [0.15, 0.2) is 21.5 Å². The second-order valence-electron chi connectivity index (χ2n) is 4.47. The van der Waals surface area contributed by atoms with Gasteiger partial charge in [-0.05, 0) is 40.9 Å². The molecule has 1 aromatic carbocycles. The monoisotopic (exact) mass is 365 g/mol. The molecule has 1 aliphatic carbocycles. The third-order valence-corrected chi connectivity index (χ3v) is 5.07. The minimum absolute atomic E-state index is 0.0410. The van der Waals surface area contributed by atoms with E-state index >= 15 is 0 Å². The maximum Gasteiger partial charge on any atom is 0.242 e. The van der Waals surface area contributed by atoms with Gasteiger partial charge in [-0.1, -0.05) is 0 Å². The van der Waals surface area contributed by atoms with Crippen molar-refractivity contribution in [2.45, 2.75) is 23.8 Å². The van der Waals surface area contributed by atoms with E-state index < -0.39 is 21.7 Å². The summed E-state index contributed by atoms with van der Waals surface area (Å²) in [4.78, 5) is 11.2. The van der Waals surface area contributed by atoms with Crippen molar-refractivity contribution in [1.29, 1.82) is 0 Å². The summed E-state index contributed by atoms with van der Waals surface area (Å²) in [5.41, 5.74) is 5.07. The summed E-state index contributed by atoms with van der Waals surface area (Å²) in [6.07, 6.45) is 1.83. The maximum atomic E-state index is 13.2. The van der Waals surface area contributed by atoms with Crippen molar-refractivity contribution in [2.75, 3.05) is 12.3 Å². The molecule has 20 heavy (non-hydrogen) atoms. The van der Waals surface area contributed by atoms with Crippen LogP contribution in [-0.4, -0.2) is 26.9 Å². The van der Waals surface area contributed by atoms with Crippen LogP contribution in [0.3, 0.4) is 0 Å². The van der Waals surface area contributed by atoms with Crippen LogP contribution < -0.4 is 15.8 Å². The molecule has 1 fully saturated rings. The molecule has 1 amide bonds. The summed E-state index contributed by atoms with van der Waals surface area (Å²) in [7, 11) is -3.95. The smallest absolute Gasteiger partial charge is 0.242 e. The van der Waals surface area contributed by atoms with E-state index in [-0.39, 0.29) is 27.6 Å². The van der Waals surface area contributed by atoms with Crippen LogP contribution in [0, 0.1) is 5.82 Å². The zero-order valence-corrected chi connectivity index (χ0v) is 12.7. The highest BCUT2D eigenvalue weighted by Gasteiger charge is 2.25. The number of rotatable bonds is 5. The molecular formula is C11H13BrFN3O3S. The van der Waals surface area contributed by atoms with Gasteiger partial charge in [-0.3, -0.25) is 4.79 Å². The Bertz CT molecular complexity index is 647. The Kier molecular flexibility index (Phi) is 4.31. The fourth-order valence-corrected chi connectivity index (χ4v) is 3.52. The number of nitrogen functional groups attached to an aromatic ring is 1. The van der Waals surface area contributed by atoms with Gasteiger partial charge in [0.1, 0.15) is 5.82 Å². The number of anilines is 1. The lowest BCUT2D eigenvalue weighted by molar-refractivity contribution is -0.120. The Hall–Kier alpha value is -1.19. The molecular weight excluding hydrogens is 353 g/mol. The largest absolute Gasteiger partial charge is 0.396 e. The Balaban J connectivity index is 2.09. The topological polar surface area (TPSA) is 101 Å². The predicted molar refractivity (Wildman–Crippen MR) is 74.9 cm³/mol. The molecule has 0 saturated heterocycles. The highest BCUT2D eigenvalue weighted by Crippen LogP contribution is 2.26. The number of nitrogens with two attached hydrogens (primary N) is 1. The second kappa shape index (κ2) is 5.66. The number of hydrogen-bond acceptors (Lipinski definition) is 4. The molecule has 6 nitrogen and oxygen atoms in total. The van der Waals surface area contributed by atoms with Gasteiger partial charge in [-0.15, -0.1) is 0 Å². The number of hydrogen-bond donors (Lipinski definition) is 3. The lowest BCUT2D eigenvalue weighted by atomic mass is 10.3. The van der Waals surface area contributed by atoms with Crippen molar-refractivity contribution in [3.8, 4) is 0 Å². The van der Waals surface area contributed by atoms with Crippen molar-refractivity contribution in [2.24, 2.45) is 0 Å². The average Bonchev–Trinajstić information content (AvgIpc) is 3.15. The number of sulfonamides is 1. The Morgan fingerprint density at radius 1 is 1.45 bits per heavy atom. The van der Waals surface area contributed by atoms with Crippen molar-refractivity contribution in [3.63, 3.8) is 0 Å². The van der Waals surface area contributed by atoms with Crippen molar-refractivity contribution in [1.82, 2.24) is 10.0 Å². The van der Waals surface area contributed by atoms with Gasteiger partial charge in [0.05, 0.1) is 17.1 Å². The molecule has 0 atom stereocenters. The van der Waals surface area contributed by atoms with Crippen LogP contribution in [0.1, 0.15) is 12.8 Å². The van der Waals surface area contributed by atoms with Gasteiger partial charge in [0.2, 0.25) is 15.9 Å². The van der Waals surface area contributed by atoms with E-state index in [4.69, 9.17) is 5.73 Å². The summed E-state index contributed by atoms with van der Waals surface area (Å²) < 4.78 is 39.4. The van der Waals surface area contributed by atoms with Crippen LogP contribution >= 0.6 is 15.9 Å². The molecule has 110 valence electrons. The maximum absolute atomic E-state index is 13.2. The van der Waals surface area contributed by atoms with Gasteiger partial charge in [-0.2, -0.15) is 0 Å². The summed E-state index contributed by atoms with van der Waals surface area (Å²) in [5, 5.41) is 2.65. The van der Waals surface area contributed by atoms with Crippen LogP contribution in [0.4, 0.5) is 10.1 Å². The van der Waals surface area contributed by atoms with E-state index in [2.05, 4.69) is 26.0 Å². The van der Waals surface area contributed by atoms with E-state index in [1.54, 1.807) is 0 Å². The quantitative estimate of drug-likeness (QED) is 0.669. The molecule has 0 bridgehead atoms. The molecule has 9 heteroatoms. The molecule has 0 unspecified atom stereocenters. The number of amides is 1. The third kappa shape index (κ3) is 3.68. The molecule has 4 N–H and O–H groups in total. The molecule has 0 spiro atoms. The zero-order valence-electron chi connectivity index (χ0n) is 10.3. The first-order valence-electron chi connectivity index (χ1n) is 5.83. The number of carbonyl (C=O) groups is 1. The SMILES string of the molecule is Nc1cc(S(=O)(=O)NCC(=O)NC2CC2)c(Br)cc1F. The fraction of sp³-hybridized carbons (Fsp3) is 0.364. The molecule has 0 radical (unpaired) electrons. The molecule has 1 aliphatic rings. The van der Waals surface area contributed by atoms with E-state index in [0.717, 1.165) is 25.0 Å². The average molecular weight is 366 g/mol. The predicted octanol–water partition coefficient (Wildman–Crippen LogP) is 0.727. The van der Waals surface area contributed by atoms with E-state index in [1.807, 2.05) is 0 Å². The molecule has 1 saturated carbocycles. The number of benzene rings is 1. The summed E-state index contributed by atoms with van der Waals surface area (Å²) in [6.45, 7) is -0.372. The highest BCUT2D eigenvalue weighted by molar-refractivity contribution is 9.10. The minimum Gasteiger partial charge on any atom is -0.396 e. The van der Waals surface area contributed by atoms with Crippen LogP contribution in [-0.2, 0) is 14.8 Å². The fourth-order valence-electron chi connectivity index (χ4n) is 1.50. The zero-order chi connectivity index (χ0) is 14.9. The number of halogens is 2.